The summed E-state index contributed by atoms with van der Waals surface area (Å²) >= 11 is 1.40. The Morgan fingerprint density at radius 1 is 1.26 bits per heavy atom. The van der Waals surface area contributed by atoms with E-state index in [1.165, 1.54) is 11.3 Å². The molecule has 0 spiro atoms. The average Bonchev–Trinajstić information content (AvgIpc) is 3.38. The Bertz CT molecular complexity index is 1150. The molecule has 9 heteroatoms. The second-order valence-corrected chi connectivity index (χ2v) is 7.09. The van der Waals surface area contributed by atoms with Crippen molar-refractivity contribution in [2.45, 2.75) is 6.42 Å². The van der Waals surface area contributed by atoms with Crippen LogP contribution in [-0.2, 0) is 0 Å². The van der Waals surface area contributed by atoms with Crippen molar-refractivity contribution < 1.29 is 4.79 Å². The molecule has 4 aromatic rings. The van der Waals surface area contributed by atoms with Gasteiger partial charge in [-0.3, -0.25) is 9.89 Å². The van der Waals surface area contributed by atoms with Crippen LogP contribution in [0.25, 0.3) is 27.9 Å². The van der Waals surface area contributed by atoms with Gasteiger partial charge in [-0.05, 0) is 17.0 Å². The highest BCUT2D eigenvalue weighted by Crippen LogP contribution is 2.29. The van der Waals surface area contributed by atoms with E-state index in [0.29, 0.717) is 4.88 Å². The number of carbonyl (C=O) groups is 1. The van der Waals surface area contributed by atoms with Crippen LogP contribution in [0.4, 0.5) is 0 Å². The quantitative estimate of drug-likeness (QED) is 0.507. The van der Waals surface area contributed by atoms with Crippen LogP contribution in [0.2, 0.25) is 0 Å². The Morgan fingerprint density at radius 2 is 2.19 bits per heavy atom. The number of rotatable bonds is 4. The Balaban J connectivity index is 1.42. The highest BCUT2D eigenvalue weighted by molar-refractivity contribution is 7.12. The third-order valence-corrected chi connectivity index (χ3v) is 5.38. The van der Waals surface area contributed by atoms with E-state index in [0.717, 1.165) is 46.6 Å². The number of H-pyrrole nitrogens is 1. The molecule has 0 bridgehead atoms. The third kappa shape index (κ3) is 2.87. The van der Waals surface area contributed by atoms with Gasteiger partial charge in [-0.25, -0.2) is 9.50 Å². The minimum Gasteiger partial charge on any atom is -0.387 e. The highest BCUT2D eigenvalue weighted by atomic mass is 32.1. The summed E-state index contributed by atoms with van der Waals surface area (Å²) in [5, 5.41) is 19.1. The topological polar surface area (TPSA) is 100 Å². The number of aromatic amines is 1. The number of hydrogen-bond donors (Lipinski definition) is 3. The summed E-state index contributed by atoms with van der Waals surface area (Å²) in [6.07, 6.45) is 11.7. The number of nitrogens with one attached hydrogen (secondary N) is 3. The number of carbonyl (C=O) groups excluding carboxylic acids is 1. The van der Waals surface area contributed by atoms with E-state index in [4.69, 9.17) is 0 Å². The zero-order chi connectivity index (χ0) is 18.2. The van der Waals surface area contributed by atoms with Gasteiger partial charge in [0.2, 0.25) is 0 Å². The summed E-state index contributed by atoms with van der Waals surface area (Å²) in [5.74, 6) is -0.112. The molecular weight excluding hydrogens is 362 g/mol. The van der Waals surface area contributed by atoms with Crippen molar-refractivity contribution in [3.63, 3.8) is 0 Å². The fourth-order valence-corrected chi connectivity index (χ4v) is 3.66. The molecule has 1 saturated heterocycles. The maximum absolute atomic E-state index is 12.3. The second-order valence-electron chi connectivity index (χ2n) is 6.18. The molecule has 8 nitrogen and oxygen atoms in total. The normalized spacial score (nSPS) is 14.9. The van der Waals surface area contributed by atoms with Gasteiger partial charge < -0.3 is 10.6 Å². The number of amides is 1. The maximum atomic E-state index is 12.3. The lowest BCUT2D eigenvalue weighted by molar-refractivity contribution is 0.0973. The molecule has 134 valence electrons. The third-order valence-electron chi connectivity index (χ3n) is 4.45. The Hall–Kier alpha value is -3.46. The smallest absolute Gasteiger partial charge is 0.265 e. The molecule has 0 aliphatic carbocycles. The number of fused-ring (bicyclic) bond motifs is 1. The first-order valence-electron chi connectivity index (χ1n) is 8.43. The number of nitrogens with zero attached hydrogens (tertiary/aromatic N) is 4. The van der Waals surface area contributed by atoms with E-state index in [1.807, 2.05) is 23.8 Å². The van der Waals surface area contributed by atoms with Gasteiger partial charge in [0.1, 0.15) is 0 Å². The predicted molar refractivity (Wildman–Crippen MR) is 102 cm³/mol. The predicted octanol–water partition coefficient (Wildman–Crippen LogP) is 2.41. The van der Waals surface area contributed by atoms with E-state index in [-0.39, 0.29) is 5.91 Å². The second kappa shape index (κ2) is 6.36. The highest BCUT2D eigenvalue weighted by Gasteiger charge is 2.15. The van der Waals surface area contributed by atoms with Crippen molar-refractivity contribution in [2.75, 3.05) is 6.54 Å². The largest absolute Gasteiger partial charge is 0.387 e. The van der Waals surface area contributed by atoms with Gasteiger partial charge in [-0.15, -0.1) is 11.3 Å². The average molecular weight is 377 g/mol. The van der Waals surface area contributed by atoms with E-state index in [1.54, 1.807) is 29.3 Å². The zero-order valence-electron chi connectivity index (χ0n) is 14.1. The van der Waals surface area contributed by atoms with Crippen LogP contribution in [-0.4, -0.2) is 37.2 Å². The molecule has 0 radical (unpaired) electrons. The number of thiophene rings is 1. The number of hydrogen-bond acceptors (Lipinski definition) is 6. The van der Waals surface area contributed by atoms with E-state index >= 15 is 0 Å². The standard InChI is InChI=1S/C18H15N7OS/c26-18(21-7-14-1-2-19-14)16-3-11(10-27-16)15-8-24-25-9-13(4-20-17(15)25)12-5-22-23-6-12/h3-10,19H,1-2H2,(H,21,26)(H,22,23)/b14-7+. The lowest BCUT2D eigenvalue weighted by atomic mass is 10.1. The molecule has 1 fully saturated rings. The monoisotopic (exact) mass is 377 g/mol. The van der Waals surface area contributed by atoms with Crippen molar-refractivity contribution in [2.24, 2.45) is 0 Å². The Labute approximate surface area is 157 Å². The van der Waals surface area contributed by atoms with Crippen molar-refractivity contribution in [1.29, 1.82) is 0 Å². The lowest BCUT2D eigenvalue weighted by Crippen LogP contribution is -2.30. The Kier molecular flexibility index (Phi) is 3.72. The van der Waals surface area contributed by atoms with Crippen LogP contribution in [0.15, 0.2) is 54.3 Å². The first-order valence-corrected chi connectivity index (χ1v) is 9.31. The van der Waals surface area contributed by atoms with Crippen LogP contribution in [0.3, 0.4) is 0 Å². The first-order chi connectivity index (χ1) is 13.3. The summed E-state index contributed by atoms with van der Waals surface area (Å²) in [5.41, 5.74) is 5.49. The first kappa shape index (κ1) is 15.8. The molecule has 0 atom stereocenters. The van der Waals surface area contributed by atoms with Gasteiger partial charge >= 0.3 is 0 Å². The van der Waals surface area contributed by atoms with Gasteiger partial charge in [0.25, 0.3) is 5.91 Å². The van der Waals surface area contributed by atoms with Crippen molar-refractivity contribution in [3.05, 3.63) is 59.2 Å². The lowest BCUT2D eigenvalue weighted by Gasteiger charge is -2.19. The van der Waals surface area contributed by atoms with Crippen molar-refractivity contribution in [1.82, 2.24) is 35.4 Å². The summed E-state index contributed by atoms with van der Waals surface area (Å²) in [7, 11) is 0. The van der Waals surface area contributed by atoms with Crippen LogP contribution >= 0.6 is 11.3 Å². The molecule has 0 saturated carbocycles. The number of aromatic nitrogens is 5. The van der Waals surface area contributed by atoms with Crippen LogP contribution in [0, 0.1) is 0 Å². The van der Waals surface area contributed by atoms with Gasteiger partial charge in [0, 0.05) is 60.1 Å². The van der Waals surface area contributed by atoms with E-state index in [9.17, 15) is 4.79 Å². The minimum absolute atomic E-state index is 0.112. The Morgan fingerprint density at radius 3 is 2.96 bits per heavy atom. The van der Waals surface area contributed by atoms with E-state index in [2.05, 4.69) is 30.9 Å². The summed E-state index contributed by atoms with van der Waals surface area (Å²) in [6, 6.07) is 1.87. The van der Waals surface area contributed by atoms with Crippen LogP contribution < -0.4 is 10.6 Å². The fraction of sp³-hybridized carbons (Fsp3) is 0.111. The van der Waals surface area contributed by atoms with Crippen LogP contribution in [0.1, 0.15) is 16.1 Å². The summed E-state index contributed by atoms with van der Waals surface area (Å²) in [4.78, 5) is 17.5. The molecule has 0 aromatic carbocycles. The van der Waals surface area contributed by atoms with Crippen LogP contribution in [0.5, 0.6) is 0 Å². The molecule has 1 aliphatic heterocycles. The maximum Gasteiger partial charge on any atom is 0.265 e. The zero-order valence-corrected chi connectivity index (χ0v) is 15.0. The molecule has 3 N–H and O–H groups in total. The SMILES string of the molecule is O=C(N/C=C1\CCN1)c1cc(-c2cnn3cc(-c4cn[nH]c4)cnc23)cs1. The van der Waals surface area contributed by atoms with E-state index < -0.39 is 0 Å². The molecule has 4 aromatic heterocycles. The minimum atomic E-state index is -0.112. The molecule has 5 heterocycles. The van der Waals surface area contributed by atoms with Gasteiger partial charge in [0.15, 0.2) is 5.65 Å². The molecule has 0 unspecified atom stereocenters. The molecule has 1 amide bonds. The molecule has 5 rings (SSSR count). The molecule has 1 aliphatic rings. The van der Waals surface area contributed by atoms with Crippen molar-refractivity contribution in [3.8, 4) is 22.3 Å². The van der Waals surface area contributed by atoms with Crippen molar-refractivity contribution >= 4 is 22.9 Å². The van der Waals surface area contributed by atoms with Gasteiger partial charge in [0.05, 0.1) is 17.3 Å². The molecule has 27 heavy (non-hydrogen) atoms. The fourth-order valence-electron chi connectivity index (χ4n) is 2.85. The summed E-state index contributed by atoms with van der Waals surface area (Å²) in [6.45, 7) is 0.967. The summed E-state index contributed by atoms with van der Waals surface area (Å²) < 4.78 is 1.74. The van der Waals surface area contributed by atoms with Gasteiger partial charge in [-0.2, -0.15) is 10.2 Å². The van der Waals surface area contributed by atoms with Gasteiger partial charge in [-0.1, -0.05) is 0 Å². The molecular formula is C18H15N7OS.